The molecule has 2 aromatic heterocycles. The maximum absolute atomic E-state index is 10.8. The molecule has 0 fully saturated rings. The van der Waals surface area contributed by atoms with Gasteiger partial charge in [0.25, 0.3) is 5.69 Å². The minimum atomic E-state index is -0.426. The van der Waals surface area contributed by atoms with Gasteiger partial charge in [-0.15, -0.1) is 0 Å². The van der Waals surface area contributed by atoms with Gasteiger partial charge in [-0.25, -0.2) is 4.98 Å². The number of benzene rings is 1. The highest BCUT2D eigenvalue weighted by Crippen LogP contribution is 2.24. The molecular formula is C20H23N7O2. The van der Waals surface area contributed by atoms with E-state index in [1.165, 1.54) is 12.1 Å². The summed E-state index contributed by atoms with van der Waals surface area (Å²) in [5.41, 5.74) is 2.34. The molecule has 1 aromatic carbocycles. The van der Waals surface area contributed by atoms with Crippen molar-refractivity contribution in [2.45, 2.75) is 6.42 Å². The van der Waals surface area contributed by atoms with Crippen molar-refractivity contribution in [3.8, 4) is 11.3 Å². The molecule has 0 unspecified atom stereocenters. The summed E-state index contributed by atoms with van der Waals surface area (Å²) in [6, 6.07) is 11.8. The summed E-state index contributed by atoms with van der Waals surface area (Å²) < 4.78 is 0. The Morgan fingerprint density at radius 1 is 1.14 bits per heavy atom. The molecule has 0 radical (unpaired) electrons. The lowest BCUT2D eigenvalue weighted by atomic mass is 10.2. The SMILES string of the molecule is CN(C)CCCNc1nc(Nc2ccc([N+](=O)[O-])cc2)cc(-c2cccnc2)n1. The number of nitrogens with zero attached hydrogens (tertiary/aromatic N) is 5. The molecule has 0 bridgehead atoms. The first kappa shape index (κ1) is 20.2. The Labute approximate surface area is 169 Å². The lowest BCUT2D eigenvalue weighted by molar-refractivity contribution is -0.384. The second kappa shape index (κ2) is 9.56. The maximum atomic E-state index is 10.8. The molecule has 0 amide bonds. The first-order chi connectivity index (χ1) is 14.0. The van der Waals surface area contributed by atoms with E-state index in [-0.39, 0.29) is 5.69 Å². The van der Waals surface area contributed by atoms with Gasteiger partial charge in [0.1, 0.15) is 5.82 Å². The van der Waals surface area contributed by atoms with E-state index >= 15 is 0 Å². The van der Waals surface area contributed by atoms with Crippen LogP contribution in [-0.2, 0) is 0 Å². The third kappa shape index (κ3) is 5.94. The van der Waals surface area contributed by atoms with Gasteiger partial charge in [-0.2, -0.15) is 4.98 Å². The van der Waals surface area contributed by atoms with Crippen LogP contribution in [0.1, 0.15) is 6.42 Å². The average Bonchev–Trinajstić information content (AvgIpc) is 2.72. The third-order valence-corrected chi connectivity index (χ3v) is 4.10. The third-order valence-electron chi connectivity index (χ3n) is 4.10. The maximum Gasteiger partial charge on any atom is 0.269 e. The normalized spacial score (nSPS) is 10.7. The number of hydrogen-bond donors (Lipinski definition) is 2. The predicted molar refractivity (Wildman–Crippen MR) is 113 cm³/mol. The van der Waals surface area contributed by atoms with Gasteiger partial charge in [0, 0.05) is 48.4 Å². The fourth-order valence-corrected chi connectivity index (χ4v) is 2.66. The minimum Gasteiger partial charge on any atom is -0.354 e. The fourth-order valence-electron chi connectivity index (χ4n) is 2.66. The molecule has 0 saturated carbocycles. The van der Waals surface area contributed by atoms with Crippen molar-refractivity contribution in [3.05, 3.63) is 65.0 Å². The van der Waals surface area contributed by atoms with E-state index in [0.29, 0.717) is 17.5 Å². The number of nitrogens with one attached hydrogen (secondary N) is 2. The molecule has 9 heteroatoms. The van der Waals surface area contributed by atoms with Crippen molar-refractivity contribution in [2.24, 2.45) is 0 Å². The van der Waals surface area contributed by atoms with Crippen LogP contribution in [0.2, 0.25) is 0 Å². The lowest BCUT2D eigenvalue weighted by Gasteiger charge is -2.13. The van der Waals surface area contributed by atoms with Crippen LogP contribution in [0.5, 0.6) is 0 Å². The van der Waals surface area contributed by atoms with Crippen molar-refractivity contribution in [1.82, 2.24) is 19.9 Å². The van der Waals surface area contributed by atoms with Crippen molar-refractivity contribution in [2.75, 3.05) is 37.8 Å². The Morgan fingerprint density at radius 3 is 2.59 bits per heavy atom. The number of anilines is 3. The molecule has 150 valence electrons. The molecule has 0 spiro atoms. The summed E-state index contributed by atoms with van der Waals surface area (Å²) in [7, 11) is 4.07. The van der Waals surface area contributed by atoms with Gasteiger partial charge in [-0.1, -0.05) is 0 Å². The first-order valence-electron chi connectivity index (χ1n) is 9.21. The van der Waals surface area contributed by atoms with E-state index in [0.717, 1.165) is 30.8 Å². The van der Waals surface area contributed by atoms with Crippen molar-refractivity contribution >= 4 is 23.1 Å². The smallest absolute Gasteiger partial charge is 0.269 e. The summed E-state index contributed by atoms with van der Waals surface area (Å²) in [4.78, 5) is 25.8. The number of non-ortho nitro benzene ring substituents is 1. The fraction of sp³-hybridized carbons (Fsp3) is 0.250. The van der Waals surface area contributed by atoms with Gasteiger partial charge < -0.3 is 15.5 Å². The molecule has 3 rings (SSSR count). The van der Waals surface area contributed by atoms with Crippen LogP contribution in [0.3, 0.4) is 0 Å². The average molecular weight is 393 g/mol. The first-order valence-corrected chi connectivity index (χ1v) is 9.21. The Kier molecular flexibility index (Phi) is 6.64. The molecular weight excluding hydrogens is 370 g/mol. The molecule has 9 nitrogen and oxygen atoms in total. The Bertz CT molecular complexity index is 947. The summed E-state index contributed by atoms with van der Waals surface area (Å²) in [5.74, 6) is 1.09. The second-order valence-electron chi connectivity index (χ2n) is 6.72. The Morgan fingerprint density at radius 2 is 1.93 bits per heavy atom. The summed E-state index contributed by atoms with van der Waals surface area (Å²) >= 11 is 0. The highest BCUT2D eigenvalue weighted by atomic mass is 16.6. The molecule has 0 aliphatic rings. The van der Waals surface area contributed by atoms with E-state index in [1.54, 1.807) is 24.5 Å². The van der Waals surface area contributed by atoms with Crippen LogP contribution in [0.4, 0.5) is 23.1 Å². The van der Waals surface area contributed by atoms with Crippen LogP contribution in [0, 0.1) is 10.1 Å². The number of nitro benzene ring substituents is 1. The lowest BCUT2D eigenvalue weighted by Crippen LogP contribution is -2.17. The molecule has 0 saturated heterocycles. The van der Waals surface area contributed by atoms with Gasteiger partial charge >= 0.3 is 0 Å². The van der Waals surface area contributed by atoms with Crippen LogP contribution >= 0.6 is 0 Å². The molecule has 2 heterocycles. The predicted octanol–water partition coefficient (Wildman–Crippen LogP) is 3.55. The zero-order valence-corrected chi connectivity index (χ0v) is 16.4. The zero-order chi connectivity index (χ0) is 20.6. The van der Waals surface area contributed by atoms with E-state index < -0.39 is 4.92 Å². The number of hydrogen-bond acceptors (Lipinski definition) is 8. The van der Waals surface area contributed by atoms with E-state index in [9.17, 15) is 10.1 Å². The van der Waals surface area contributed by atoms with Crippen molar-refractivity contribution in [3.63, 3.8) is 0 Å². The summed E-state index contributed by atoms with van der Waals surface area (Å²) in [6.07, 6.45) is 4.41. The molecule has 0 aliphatic heterocycles. The summed E-state index contributed by atoms with van der Waals surface area (Å²) in [6.45, 7) is 1.70. The quantitative estimate of drug-likeness (QED) is 0.323. The molecule has 29 heavy (non-hydrogen) atoms. The van der Waals surface area contributed by atoms with E-state index in [2.05, 4.69) is 30.5 Å². The van der Waals surface area contributed by atoms with E-state index in [4.69, 9.17) is 0 Å². The van der Waals surface area contributed by atoms with Gasteiger partial charge in [0.05, 0.1) is 10.6 Å². The zero-order valence-electron chi connectivity index (χ0n) is 16.4. The minimum absolute atomic E-state index is 0.0394. The number of rotatable bonds is 9. The Hall–Kier alpha value is -3.59. The molecule has 2 N–H and O–H groups in total. The number of pyridine rings is 1. The number of aromatic nitrogens is 3. The van der Waals surface area contributed by atoms with Gasteiger partial charge in [-0.05, 0) is 51.3 Å². The Balaban J connectivity index is 1.82. The largest absolute Gasteiger partial charge is 0.354 e. The standard InChI is InChI=1S/C20H23N7O2/c1-26(2)12-4-11-22-20-24-18(15-5-3-10-21-14-15)13-19(25-20)23-16-6-8-17(9-7-16)27(28)29/h3,5-10,13-14H,4,11-12H2,1-2H3,(H2,22,23,24,25). The topological polar surface area (TPSA) is 109 Å². The van der Waals surface area contributed by atoms with Gasteiger partial charge in [0.2, 0.25) is 5.95 Å². The van der Waals surface area contributed by atoms with Crippen molar-refractivity contribution in [1.29, 1.82) is 0 Å². The second-order valence-corrected chi connectivity index (χ2v) is 6.72. The van der Waals surface area contributed by atoms with Crippen LogP contribution in [0.25, 0.3) is 11.3 Å². The van der Waals surface area contributed by atoms with E-state index in [1.807, 2.05) is 32.3 Å². The van der Waals surface area contributed by atoms with Gasteiger partial charge in [0.15, 0.2) is 0 Å². The van der Waals surface area contributed by atoms with Crippen LogP contribution in [-0.4, -0.2) is 52.0 Å². The monoisotopic (exact) mass is 393 g/mol. The van der Waals surface area contributed by atoms with Crippen LogP contribution in [0.15, 0.2) is 54.9 Å². The van der Waals surface area contributed by atoms with Gasteiger partial charge in [-0.3, -0.25) is 15.1 Å². The highest BCUT2D eigenvalue weighted by Gasteiger charge is 2.09. The molecule has 3 aromatic rings. The molecule has 0 aliphatic carbocycles. The number of nitro groups is 1. The highest BCUT2D eigenvalue weighted by molar-refractivity contribution is 5.67. The van der Waals surface area contributed by atoms with Crippen molar-refractivity contribution < 1.29 is 4.92 Å². The van der Waals surface area contributed by atoms with Crippen LogP contribution < -0.4 is 10.6 Å². The molecule has 0 atom stereocenters. The summed E-state index contributed by atoms with van der Waals surface area (Å²) in [5, 5.41) is 17.3.